The van der Waals surface area contributed by atoms with E-state index in [4.69, 9.17) is 10.5 Å². The molecule has 0 unspecified atom stereocenters. The summed E-state index contributed by atoms with van der Waals surface area (Å²) in [6, 6.07) is 9.16. The minimum atomic E-state index is -1.05. The molecule has 0 radical (unpaired) electrons. The lowest BCUT2D eigenvalue weighted by atomic mass is 10.2. The number of ether oxygens (including phenoxy) is 1. The summed E-state index contributed by atoms with van der Waals surface area (Å²) >= 11 is 0. The Morgan fingerprint density at radius 3 is 2.71 bits per heavy atom. The van der Waals surface area contributed by atoms with Crippen LogP contribution in [0.25, 0.3) is 0 Å². The molecule has 6 heteroatoms. The van der Waals surface area contributed by atoms with Gasteiger partial charge in [0.15, 0.2) is 6.10 Å². The highest BCUT2D eigenvalue weighted by Crippen LogP contribution is 2.19. The average molecular weight is 288 g/mol. The van der Waals surface area contributed by atoms with Crippen LogP contribution in [0.5, 0.6) is 0 Å². The molecule has 2 rings (SSSR count). The number of benzene rings is 1. The summed E-state index contributed by atoms with van der Waals surface area (Å²) in [6.07, 6.45) is 1.41. The molecule has 6 nitrogen and oxygen atoms in total. The predicted molar refractivity (Wildman–Crippen MR) is 74.7 cm³/mol. The van der Waals surface area contributed by atoms with E-state index in [-0.39, 0.29) is 25.4 Å². The van der Waals surface area contributed by atoms with Gasteiger partial charge >= 0.3 is 5.97 Å². The molecule has 110 valence electrons. The van der Waals surface area contributed by atoms with Gasteiger partial charge in [0.25, 0.3) is 5.91 Å². The molecule has 1 atom stereocenters. The fourth-order valence-electron chi connectivity index (χ4n) is 2.02. The van der Waals surface area contributed by atoms with Gasteiger partial charge < -0.3 is 10.5 Å². The summed E-state index contributed by atoms with van der Waals surface area (Å²) in [7, 11) is 0. The molecular weight excluding hydrogens is 272 g/mol. The molecule has 1 aromatic rings. The molecule has 1 fully saturated rings. The fourth-order valence-corrected chi connectivity index (χ4v) is 2.02. The number of carbonyl (C=O) groups excluding carboxylic acids is 3. The molecule has 2 amide bonds. The van der Waals surface area contributed by atoms with E-state index in [9.17, 15) is 14.4 Å². The van der Waals surface area contributed by atoms with Crippen molar-refractivity contribution >= 4 is 17.8 Å². The summed E-state index contributed by atoms with van der Waals surface area (Å²) < 4.78 is 4.97. The van der Waals surface area contributed by atoms with Gasteiger partial charge in [-0.3, -0.25) is 14.5 Å². The molecule has 0 spiro atoms. The first-order valence-corrected chi connectivity index (χ1v) is 6.57. The summed E-state index contributed by atoms with van der Waals surface area (Å²) in [4.78, 5) is 36.5. The highest BCUT2D eigenvalue weighted by molar-refractivity contribution is 6.05. The van der Waals surface area contributed by atoms with E-state index in [1.165, 1.54) is 6.08 Å². The number of esters is 1. The summed E-state index contributed by atoms with van der Waals surface area (Å²) in [5.74, 6) is -1.50. The van der Waals surface area contributed by atoms with Gasteiger partial charge in [-0.15, -0.1) is 0 Å². The lowest BCUT2D eigenvalue weighted by Crippen LogP contribution is -2.33. The van der Waals surface area contributed by atoms with Crippen molar-refractivity contribution in [3.05, 3.63) is 48.0 Å². The van der Waals surface area contributed by atoms with E-state index >= 15 is 0 Å². The molecular formula is C15H16N2O4. The van der Waals surface area contributed by atoms with Crippen LogP contribution in [-0.4, -0.2) is 35.3 Å². The highest BCUT2D eigenvalue weighted by Gasteiger charge is 2.40. The molecule has 1 aliphatic heterocycles. The summed E-state index contributed by atoms with van der Waals surface area (Å²) in [5.41, 5.74) is 6.06. The van der Waals surface area contributed by atoms with Crippen molar-refractivity contribution in [3.8, 4) is 0 Å². The third-order valence-electron chi connectivity index (χ3n) is 3.03. The van der Waals surface area contributed by atoms with Crippen LogP contribution < -0.4 is 5.73 Å². The maximum absolute atomic E-state index is 12.1. The van der Waals surface area contributed by atoms with Crippen LogP contribution >= 0.6 is 0 Å². The van der Waals surface area contributed by atoms with Crippen molar-refractivity contribution in [2.24, 2.45) is 5.73 Å². The number of nitrogens with zero attached hydrogens (tertiary/aromatic N) is 1. The third kappa shape index (κ3) is 3.76. The average Bonchev–Trinajstić information content (AvgIpc) is 2.74. The van der Waals surface area contributed by atoms with E-state index in [2.05, 4.69) is 0 Å². The summed E-state index contributed by atoms with van der Waals surface area (Å²) in [5, 5.41) is 0. The largest absolute Gasteiger partial charge is 0.449 e. The fraction of sp³-hybridized carbons (Fsp3) is 0.267. The van der Waals surface area contributed by atoms with E-state index in [0.29, 0.717) is 0 Å². The van der Waals surface area contributed by atoms with Crippen molar-refractivity contribution in [1.82, 2.24) is 4.90 Å². The zero-order valence-electron chi connectivity index (χ0n) is 11.4. The van der Waals surface area contributed by atoms with Gasteiger partial charge in [-0.1, -0.05) is 36.4 Å². The van der Waals surface area contributed by atoms with E-state index in [1.807, 2.05) is 30.3 Å². The first-order chi connectivity index (χ1) is 10.1. The smallest absolute Gasteiger partial charge is 0.331 e. The number of nitrogens with two attached hydrogens (primary N) is 1. The van der Waals surface area contributed by atoms with E-state index in [1.54, 1.807) is 0 Å². The first kappa shape index (κ1) is 14.9. The monoisotopic (exact) mass is 288 g/mol. The van der Waals surface area contributed by atoms with Gasteiger partial charge in [-0.2, -0.15) is 0 Å². The maximum Gasteiger partial charge on any atom is 0.331 e. The minimum Gasteiger partial charge on any atom is -0.449 e. The minimum absolute atomic E-state index is 0.117. The van der Waals surface area contributed by atoms with Crippen molar-refractivity contribution in [2.45, 2.75) is 19.1 Å². The van der Waals surface area contributed by atoms with Crippen molar-refractivity contribution < 1.29 is 19.1 Å². The summed E-state index contributed by atoms with van der Waals surface area (Å²) in [6.45, 7) is 0.387. The molecule has 0 aliphatic carbocycles. The van der Waals surface area contributed by atoms with Crippen molar-refractivity contribution in [1.29, 1.82) is 0 Å². The number of carbonyl (C=O) groups is 3. The molecule has 1 heterocycles. The normalized spacial score (nSPS) is 18.5. The Morgan fingerprint density at radius 1 is 1.33 bits per heavy atom. The van der Waals surface area contributed by atoms with Gasteiger partial charge in [0.05, 0.1) is 13.0 Å². The van der Waals surface area contributed by atoms with Gasteiger partial charge in [0.2, 0.25) is 5.91 Å². The Bertz CT molecular complexity index is 568. The van der Waals surface area contributed by atoms with Crippen LogP contribution in [0.15, 0.2) is 42.5 Å². The molecule has 1 saturated heterocycles. The standard InChI is InChI=1S/C15H16N2O4/c16-8-4-7-14(19)21-12-9-13(18)17(15(12)20)10-11-5-2-1-3-6-11/h1-7,12H,8-10,16H2/b7-4+/t12-/m0/s1. The second kappa shape index (κ2) is 6.81. The zero-order chi connectivity index (χ0) is 15.2. The number of imide groups is 1. The maximum atomic E-state index is 12.1. The van der Waals surface area contributed by atoms with Crippen LogP contribution in [0.1, 0.15) is 12.0 Å². The molecule has 2 N–H and O–H groups in total. The second-order valence-electron chi connectivity index (χ2n) is 4.57. The van der Waals surface area contributed by atoms with Gasteiger partial charge in [0.1, 0.15) is 0 Å². The Kier molecular flexibility index (Phi) is 4.84. The molecule has 0 bridgehead atoms. The third-order valence-corrected chi connectivity index (χ3v) is 3.03. The SMILES string of the molecule is NC/C=C/C(=O)O[C@H]1CC(=O)N(Cc2ccccc2)C1=O. The van der Waals surface area contributed by atoms with Crippen molar-refractivity contribution in [2.75, 3.05) is 6.54 Å². The van der Waals surface area contributed by atoms with Crippen LogP contribution in [0.4, 0.5) is 0 Å². The predicted octanol–water partition coefficient (Wildman–Crippen LogP) is 0.372. The molecule has 0 saturated carbocycles. The van der Waals surface area contributed by atoms with E-state index in [0.717, 1.165) is 16.5 Å². The number of likely N-dealkylation sites (tertiary alicyclic amines) is 1. The van der Waals surface area contributed by atoms with Crippen LogP contribution in [0, 0.1) is 0 Å². The number of hydrogen-bond donors (Lipinski definition) is 1. The number of amides is 2. The van der Waals surface area contributed by atoms with Gasteiger partial charge in [-0.05, 0) is 5.56 Å². The number of rotatable bonds is 5. The van der Waals surface area contributed by atoms with Crippen LogP contribution in [0.3, 0.4) is 0 Å². The topological polar surface area (TPSA) is 89.7 Å². The van der Waals surface area contributed by atoms with Gasteiger partial charge in [0, 0.05) is 12.6 Å². The van der Waals surface area contributed by atoms with Gasteiger partial charge in [-0.25, -0.2) is 4.79 Å². The molecule has 21 heavy (non-hydrogen) atoms. The Balaban J connectivity index is 2.00. The number of hydrogen-bond acceptors (Lipinski definition) is 5. The quantitative estimate of drug-likeness (QED) is 0.480. The Labute approximate surface area is 122 Å². The first-order valence-electron chi connectivity index (χ1n) is 6.57. The molecule has 0 aromatic heterocycles. The Morgan fingerprint density at radius 2 is 2.05 bits per heavy atom. The lowest BCUT2D eigenvalue weighted by molar-refractivity contribution is -0.152. The molecule has 1 aliphatic rings. The van der Waals surface area contributed by atoms with Crippen LogP contribution in [0.2, 0.25) is 0 Å². The zero-order valence-corrected chi connectivity index (χ0v) is 11.4. The lowest BCUT2D eigenvalue weighted by Gasteiger charge is -2.14. The molecule has 1 aromatic carbocycles. The second-order valence-corrected chi connectivity index (χ2v) is 4.57. The van der Waals surface area contributed by atoms with E-state index < -0.39 is 18.0 Å². The Hall–Kier alpha value is -2.47. The highest BCUT2D eigenvalue weighted by atomic mass is 16.5. The van der Waals surface area contributed by atoms with Crippen LogP contribution in [-0.2, 0) is 25.7 Å². The van der Waals surface area contributed by atoms with Crippen molar-refractivity contribution in [3.63, 3.8) is 0 Å².